The van der Waals surface area contributed by atoms with Crippen molar-refractivity contribution in [2.75, 3.05) is 17.7 Å². The lowest BCUT2D eigenvalue weighted by Crippen LogP contribution is -2.37. The van der Waals surface area contributed by atoms with Crippen molar-refractivity contribution in [3.05, 3.63) is 28.9 Å². The number of aromatic nitrogens is 1. The Hall–Kier alpha value is -1.29. The fraction of sp³-hybridized carbons (Fsp3) is 0.357. The molecule has 2 N–H and O–H groups in total. The molecule has 3 rings (SSSR count). The molecule has 2 aromatic rings. The van der Waals surface area contributed by atoms with E-state index in [2.05, 4.69) is 38.9 Å². The molecule has 0 bridgehead atoms. The van der Waals surface area contributed by atoms with Crippen LogP contribution in [0, 0.1) is 0 Å². The number of fused-ring (bicyclic) bond motifs is 1. The van der Waals surface area contributed by atoms with Crippen LogP contribution in [0.5, 0.6) is 0 Å². The number of hydrogen-bond donors (Lipinski definition) is 1. The first-order chi connectivity index (χ1) is 8.66. The molecule has 0 radical (unpaired) electrons. The van der Waals surface area contributed by atoms with Crippen molar-refractivity contribution in [3.63, 3.8) is 0 Å². The van der Waals surface area contributed by atoms with Crippen LogP contribution in [0.1, 0.15) is 19.3 Å². The molecule has 1 aromatic carbocycles. The SMILES string of the molecule is CN(c1ccc(N)c2cc(Br)cnc12)C1CCC1. The molecular weight excluding hydrogens is 290 g/mol. The molecule has 1 aliphatic carbocycles. The molecule has 0 amide bonds. The fourth-order valence-corrected chi connectivity index (χ4v) is 2.79. The lowest BCUT2D eigenvalue weighted by Gasteiger charge is -2.36. The molecule has 0 saturated heterocycles. The van der Waals surface area contributed by atoms with Gasteiger partial charge >= 0.3 is 0 Å². The van der Waals surface area contributed by atoms with Crippen LogP contribution in [0.2, 0.25) is 0 Å². The number of nitrogens with two attached hydrogens (primary N) is 1. The minimum atomic E-state index is 0.655. The summed E-state index contributed by atoms with van der Waals surface area (Å²) in [7, 11) is 2.15. The Morgan fingerprint density at radius 2 is 2.17 bits per heavy atom. The van der Waals surface area contributed by atoms with Crippen molar-refractivity contribution < 1.29 is 0 Å². The van der Waals surface area contributed by atoms with Crippen LogP contribution in [0.4, 0.5) is 11.4 Å². The van der Waals surface area contributed by atoms with Crippen LogP contribution in [-0.2, 0) is 0 Å². The monoisotopic (exact) mass is 305 g/mol. The minimum Gasteiger partial charge on any atom is -0.398 e. The van der Waals surface area contributed by atoms with E-state index in [1.54, 1.807) is 0 Å². The Morgan fingerprint density at radius 3 is 2.83 bits per heavy atom. The summed E-state index contributed by atoms with van der Waals surface area (Å²) in [5.41, 5.74) is 8.99. The quantitative estimate of drug-likeness (QED) is 0.863. The summed E-state index contributed by atoms with van der Waals surface area (Å²) in [5.74, 6) is 0. The maximum absolute atomic E-state index is 6.04. The van der Waals surface area contributed by atoms with Crippen molar-refractivity contribution in [1.82, 2.24) is 4.98 Å². The average molecular weight is 306 g/mol. The number of rotatable bonds is 2. The van der Waals surface area contributed by atoms with Gasteiger partial charge in [-0.15, -0.1) is 0 Å². The Bertz CT molecular complexity index is 593. The van der Waals surface area contributed by atoms with E-state index in [1.807, 2.05) is 18.3 Å². The first-order valence-corrected chi connectivity index (χ1v) is 7.02. The van der Waals surface area contributed by atoms with E-state index in [0.717, 1.165) is 21.1 Å². The van der Waals surface area contributed by atoms with Crippen LogP contribution in [0.25, 0.3) is 10.9 Å². The first kappa shape index (κ1) is 11.8. The number of pyridine rings is 1. The maximum Gasteiger partial charge on any atom is 0.0956 e. The van der Waals surface area contributed by atoms with Crippen molar-refractivity contribution in [3.8, 4) is 0 Å². The molecule has 1 heterocycles. The summed E-state index contributed by atoms with van der Waals surface area (Å²) < 4.78 is 0.963. The van der Waals surface area contributed by atoms with Gasteiger partial charge in [0.2, 0.25) is 0 Å². The molecule has 94 valence electrons. The fourth-order valence-electron chi connectivity index (χ4n) is 2.46. The van der Waals surface area contributed by atoms with E-state index in [-0.39, 0.29) is 0 Å². The predicted octanol–water partition coefficient (Wildman–Crippen LogP) is 3.57. The van der Waals surface area contributed by atoms with Gasteiger partial charge < -0.3 is 10.6 Å². The zero-order valence-electron chi connectivity index (χ0n) is 10.4. The molecule has 3 nitrogen and oxygen atoms in total. The van der Waals surface area contributed by atoms with Gasteiger partial charge in [0, 0.05) is 34.8 Å². The second-order valence-electron chi connectivity index (χ2n) is 4.92. The highest BCUT2D eigenvalue weighted by Crippen LogP contribution is 2.34. The summed E-state index contributed by atoms with van der Waals surface area (Å²) in [6, 6.07) is 6.75. The summed E-state index contributed by atoms with van der Waals surface area (Å²) in [5, 5.41) is 1.02. The third-order valence-electron chi connectivity index (χ3n) is 3.83. The van der Waals surface area contributed by atoms with Crippen molar-refractivity contribution in [2.45, 2.75) is 25.3 Å². The van der Waals surface area contributed by atoms with Crippen LogP contribution in [0.15, 0.2) is 28.9 Å². The van der Waals surface area contributed by atoms with Crippen LogP contribution in [-0.4, -0.2) is 18.1 Å². The Labute approximate surface area is 115 Å². The highest BCUT2D eigenvalue weighted by Gasteiger charge is 2.23. The highest BCUT2D eigenvalue weighted by atomic mass is 79.9. The van der Waals surface area contributed by atoms with Gasteiger partial charge in [-0.3, -0.25) is 4.98 Å². The van der Waals surface area contributed by atoms with E-state index in [1.165, 1.54) is 24.9 Å². The average Bonchev–Trinajstić information content (AvgIpc) is 2.28. The number of nitrogens with zero attached hydrogens (tertiary/aromatic N) is 2. The lowest BCUT2D eigenvalue weighted by atomic mass is 9.91. The molecule has 0 atom stereocenters. The smallest absolute Gasteiger partial charge is 0.0956 e. The first-order valence-electron chi connectivity index (χ1n) is 6.23. The topological polar surface area (TPSA) is 42.1 Å². The molecule has 0 spiro atoms. The van der Waals surface area contributed by atoms with Crippen LogP contribution < -0.4 is 10.6 Å². The molecule has 1 aliphatic rings. The van der Waals surface area contributed by atoms with E-state index in [4.69, 9.17) is 5.73 Å². The van der Waals surface area contributed by atoms with Crippen LogP contribution >= 0.6 is 15.9 Å². The van der Waals surface area contributed by atoms with Gasteiger partial charge in [-0.2, -0.15) is 0 Å². The van der Waals surface area contributed by atoms with Gasteiger partial charge in [0.15, 0.2) is 0 Å². The van der Waals surface area contributed by atoms with Crippen molar-refractivity contribution in [2.24, 2.45) is 0 Å². The predicted molar refractivity (Wildman–Crippen MR) is 79.9 cm³/mol. The summed E-state index contributed by atoms with van der Waals surface area (Å²) >= 11 is 3.45. The summed E-state index contributed by atoms with van der Waals surface area (Å²) in [6.07, 6.45) is 5.72. The molecule has 1 saturated carbocycles. The summed E-state index contributed by atoms with van der Waals surface area (Å²) in [4.78, 5) is 6.87. The van der Waals surface area contributed by atoms with Gasteiger partial charge in [-0.25, -0.2) is 0 Å². The molecule has 4 heteroatoms. The van der Waals surface area contributed by atoms with Gasteiger partial charge in [0.1, 0.15) is 0 Å². The number of benzene rings is 1. The zero-order valence-corrected chi connectivity index (χ0v) is 11.9. The standard InChI is InChI=1S/C14H16BrN3/c1-18(10-3-2-4-10)13-6-5-12(16)11-7-9(15)8-17-14(11)13/h5-8,10H,2-4,16H2,1H3. The molecule has 1 fully saturated rings. The third-order valence-corrected chi connectivity index (χ3v) is 4.26. The molecule has 0 unspecified atom stereocenters. The second kappa shape index (κ2) is 4.43. The van der Waals surface area contributed by atoms with E-state index < -0.39 is 0 Å². The van der Waals surface area contributed by atoms with E-state index in [0.29, 0.717) is 6.04 Å². The number of anilines is 2. The van der Waals surface area contributed by atoms with Gasteiger partial charge in [0.05, 0.1) is 11.2 Å². The van der Waals surface area contributed by atoms with Gasteiger partial charge in [-0.1, -0.05) is 0 Å². The minimum absolute atomic E-state index is 0.655. The second-order valence-corrected chi connectivity index (χ2v) is 5.83. The van der Waals surface area contributed by atoms with E-state index >= 15 is 0 Å². The Balaban J connectivity index is 2.14. The third kappa shape index (κ3) is 1.85. The summed E-state index contributed by atoms with van der Waals surface area (Å²) in [6.45, 7) is 0. The van der Waals surface area contributed by atoms with Crippen molar-refractivity contribution in [1.29, 1.82) is 0 Å². The molecule has 18 heavy (non-hydrogen) atoms. The van der Waals surface area contributed by atoms with Crippen molar-refractivity contribution >= 4 is 38.2 Å². The number of hydrogen-bond acceptors (Lipinski definition) is 3. The Morgan fingerprint density at radius 1 is 1.39 bits per heavy atom. The number of nitrogen functional groups attached to an aromatic ring is 1. The molecule has 0 aliphatic heterocycles. The Kier molecular flexibility index (Phi) is 2.90. The molecular formula is C14H16BrN3. The van der Waals surface area contributed by atoms with E-state index in [9.17, 15) is 0 Å². The van der Waals surface area contributed by atoms with Crippen LogP contribution in [0.3, 0.4) is 0 Å². The highest BCUT2D eigenvalue weighted by molar-refractivity contribution is 9.10. The molecule has 1 aromatic heterocycles. The largest absolute Gasteiger partial charge is 0.398 e. The zero-order chi connectivity index (χ0) is 12.7. The normalized spacial score (nSPS) is 15.7. The lowest BCUT2D eigenvalue weighted by molar-refractivity contribution is 0.401. The maximum atomic E-state index is 6.04. The van der Waals surface area contributed by atoms with Gasteiger partial charge in [-0.05, 0) is 53.4 Å². The van der Waals surface area contributed by atoms with Gasteiger partial charge in [0.25, 0.3) is 0 Å². The number of halogens is 1.